The first-order valence-corrected chi connectivity index (χ1v) is 14.9. The lowest BCUT2D eigenvalue weighted by molar-refractivity contribution is -0.117. The molecule has 1 amide bonds. The van der Waals surface area contributed by atoms with E-state index >= 15 is 0 Å². The lowest BCUT2D eigenvalue weighted by Crippen LogP contribution is -2.31. The van der Waals surface area contributed by atoms with E-state index < -0.39 is 23.5 Å². The summed E-state index contributed by atoms with van der Waals surface area (Å²) < 4.78 is 17.6. The maximum absolute atomic E-state index is 14.0. The summed E-state index contributed by atoms with van der Waals surface area (Å²) >= 11 is 2.70. The number of thioether (sulfide) groups is 1. The standard InChI is InChI=1S/C31H25N3O6S2/c1-3-39-21-13-7-11-19(15-21)25-24(26(35)23-16-20-12-8-14-22(38-2)28(20)40-23)27(36)29(37)34(25)30-32-33-31(42-30)41-17-18-9-5-4-6-10-18/h4-16,25,36H,3,17H2,1-2H3. The number of ketones is 1. The van der Waals surface area contributed by atoms with Crippen LogP contribution >= 0.6 is 23.1 Å². The molecule has 3 heterocycles. The zero-order valence-electron chi connectivity index (χ0n) is 22.6. The number of Topliss-reactive ketones (excluding diaryl/α,β-unsaturated/α-hetero) is 1. The second-order valence-corrected chi connectivity index (χ2v) is 11.5. The van der Waals surface area contributed by atoms with Gasteiger partial charge in [-0.3, -0.25) is 14.5 Å². The third-order valence-corrected chi connectivity index (χ3v) is 8.82. The Morgan fingerprint density at radius 1 is 1.07 bits per heavy atom. The first-order chi connectivity index (χ1) is 20.5. The summed E-state index contributed by atoms with van der Waals surface area (Å²) in [5.74, 6) is -0.395. The summed E-state index contributed by atoms with van der Waals surface area (Å²) in [6.07, 6.45) is 0. The zero-order valence-corrected chi connectivity index (χ0v) is 24.3. The number of hydrogen-bond acceptors (Lipinski definition) is 10. The number of fused-ring (bicyclic) bond motifs is 1. The predicted octanol–water partition coefficient (Wildman–Crippen LogP) is 6.77. The second kappa shape index (κ2) is 11.7. The van der Waals surface area contributed by atoms with Gasteiger partial charge in [0.2, 0.25) is 10.9 Å². The van der Waals surface area contributed by atoms with Gasteiger partial charge in [-0.15, -0.1) is 10.2 Å². The molecule has 42 heavy (non-hydrogen) atoms. The number of nitrogens with zero attached hydrogens (tertiary/aromatic N) is 3. The summed E-state index contributed by atoms with van der Waals surface area (Å²) in [5, 5.41) is 20.7. The molecule has 0 fully saturated rings. The van der Waals surface area contributed by atoms with Gasteiger partial charge in [0.25, 0.3) is 5.91 Å². The fourth-order valence-corrected chi connectivity index (χ4v) is 6.63. The van der Waals surface area contributed by atoms with Crippen LogP contribution in [-0.2, 0) is 10.5 Å². The molecule has 1 unspecified atom stereocenters. The largest absolute Gasteiger partial charge is 0.503 e. The molecule has 1 atom stereocenters. The number of ether oxygens (including phenoxy) is 2. The topological polar surface area (TPSA) is 115 Å². The number of para-hydroxylation sites is 1. The van der Waals surface area contributed by atoms with E-state index in [0.717, 1.165) is 5.56 Å². The number of benzene rings is 3. The molecule has 0 saturated heterocycles. The Morgan fingerprint density at radius 3 is 2.67 bits per heavy atom. The van der Waals surface area contributed by atoms with Crippen molar-refractivity contribution in [2.75, 3.05) is 18.6 Å². The van der Waals surface area contributed by atoms with E-state index in [9.17, 15) is 14.7 Å². The van der Waals surface area contributed by atoms with Crippen LogP contribution < -0.4 is 14.4 Å². The highest BCUT2D eigenvalue weighted by molar-refractivity contribution is 8.00. The van der Waals surface area contributed by atoms with Crippen molar-refractivity contribution in [1.82, 2.24) is 10.2 Å². The van der Waals surface area contributed by atoms with E-state index in [1.807, 2.05) is 37.3 Å². The fraction of sp³-hybridized carbons (Fsp3) is 0.161. The van der Waals surface area contributed by atoms with E-state index in [-0.39, 0.29) is 16.5 Å². The van der Waals surface area contributed by atoms with Gasteiger partial charge in [0.15, 0.2) is 27.2 Å². The van der Waals surface area contributed by atoms with Gasteiger partial charge in [-0.05, 0) is 42.3 Å². The van der Waals surface area contributed by atoms with Crippen molar-refractivity contribution in [3.8, 4) is 11.5 Å². The molecular formula is C31H25N3O6S2. The SMILES string of the molecule is CCOc1cccc(C2C(C(=O)c3cc4cccc(OC)c4o3)=C(O)C(=O)N2c2nnc(SCc3ccccc3)s2)c1. The minimum absolute atomic E-state index is 0.0342. The van der Waals surface area contributed by atoms with E-state index in [4.69, 9.17) is 13.9 Å². The molecule has 3 aromatic carbocycles. The van der Waals surface area contributed by atoms with Gasteiger partial charge in [0.05, 0.1) is 25.3 Å². The van der Waals surface area contributed by atoms with Crippen LogP contribution in [0.15, 0.2) is 99.0 Å². The van der Waals surface area contributed by atoms with Gasteiger partial charge in [-0.2, -0.15) is 0 Å². The number of aliphatic hydroxyl groups is 1. The Morgan fingerprint density at radius 2 is 1.88 bits per heavy atom. The van der Waals surface area contributed by atoms with Gasteiger partial charge >= 0.3 is 0 Å². The van der Waals surface area contributed by atoms with Gasteiger partial charge in [0, 0.05) is 11.1 Å². The number of rotatable bonds is 10. The van der Waals surface area contributed by atoms with Crippen molar-refractivity contribution >= 4 is 50.9 Å². The molecule has 0 bridgehead atoms. The molecule has 0 radical (unpaired) electrons. The number of aromatic nitrogens is 2. The first-order valence-electron chi connectivity index (χ1n) is 13.1. The maximum Gasteiger partial charge on any atom is 0.296 e. The molecule has 11 heteroatoms. The zero-order chi connectivity index (χ0) is 29.2. The number of carbonyl (C=O) groups is 2. The highest BCUT2D eigenvalue weighted by Gasteiger charge is 2.47. The van der Waals surface area contributed by atoms with Crippen LogP contribution in [0.5, 0.6) is 11.5 Å². The van der Waals surface area contributed by atoms with E-state index in [1.54, 1.807) is 48.5 Å². The van der Waals surface area contributed by atoms with Crippen molar-refractivity contribution in [2.24, 2.45) is 0 Å². The molecule has 5 aromatic rings. The minimum Gasteiger partial charge on any atom is -0.503 e. The lowest BCUT2D eigenvalue weighted by Gasteiger charge is -2.24. The Hall–Kier alpha value is -4.61. The molecule has 0 aliphatic carbocycles. The first kappa shape index (κ1) is 27.6. The van der Waals surface area contributed by atoms with Crippen LogP contribution in [0, 0.1) is 0 Å². The molecular weight excluding hydrogens is 574 g/mol. The molecule has 6 rings (SSSR count). The Bertz CT molecular complexity index is 1810. The summed E-state index contributed by atoms with van der Waals surface area (Å²) in [6.45, 7) is 2.30. The quantitative estimate of drug-likeness (QED) is 0.106. The van der Waals surface area contributed by atoms with Crippen LogP contribution in [-0.4, -0.2) is 40.7 Å². The molecule has 1 aliphatic rings. The number of anilines is 1. The molecule has 0 spiro atoms. The van der Waals surface area contributed by atoms with Crippen LogP contribution in [0.3, 0.4) is 0 Å². The van der Waals surface area contributed by atoms with Crippen LogP contribution in [0.25, 0.3) is 11.0 Å². The van der Waals surface area contributed by atoms with Crippen LogP contribution in [0.4, 0.5) is 5.13 Å². The number of hydrogen-bond donors (Lipinski definition) is 1. The Labute approximate surface area is 249 Å². The summed E-state index contributed by atoms with van der Waals surface area (Å²) in [6, 6.07) is 22.9. The van der Waals surface area contributed by atoms with Crippen molar-refractivity contribution in [3.05, 3.63) is 107 Å². The molecule has 0 saturated carbocycles. The van der Waals surface area contributed by atoms with Crippen molar-refractivity contribution in [1.29, 1.82) is 0 Å². The van der Waals surface area contributed by atoms with Crippen LogP contribution in [0.2, 0.25) is 0 Å². The molecule has 9 nitrogen and oxygen atoms in total. The summed E-state index contributed by atoms with van der Waals surface area (Å²) in [7, 11) is 1.51. The highest BCUT2D eigenvalue weighted by Crippen LogP contribution is 2.45. The minimum atomic E-state index is -1.000. The van der Waals surface area contributed by atoms with Crippen molar-refractivity contribution in [2.45, 2.75) is 23.1 Å². The third-order valence-electron chi connectivity index (χ3n) is 6.70. The number of furan rings is 1. The fourth-order valence-electron chi connectivity index (χ4n) is 4.81. The Kier molecular flexibility index (Phi) is 7.68. The monoisotopic (exact) mass is 599 g/mol. The average molecular weight is 600 g/mol. The van der Waals surface area contributed by atoms with Crippen molar-refractivity contribution in [3.63, 3.8) is 0 Å². The Balaban J connectivity index is 1.39. The smallest absolute Gasteiger partial charge is 0.296 e. The molecule has 1 N–H and O–H groups in total. The van der Waals surface area contributed by atoms with E-state index in [2.05, 4.69) is 10.2 Å². The number of methoxy groups -OCH3 is 1. The molecule has 212 valence electrons. The maximum atomic E-state index is 14.0. The third kappa shape index (κ3) is 5.12. The summed E-state index contributed by atoms with van der Waals surface area (Å²) in [5.41, 5.74) is 1.95. The van der Waals surface area contributed by atoms with Gasteiger partial charge < -0.3 is 19.0 Å². The van der Waals surface area contributed by atoms with Gasteiger partial charge in [0.1, 0.15) is 5.75 Å². The van der Waals surface area contributed by atoms with Crippen molar-refractivity contribution < 1.29 is 28.6 Å². The lowest BCUT2D eigenvalue weighted by atomic mass is 9.95. The summed E-state index contributed by atoms with van der Waals surface area (Å²) in [4.78, 5) is 28.9. The van der Waals surface area contributed by atoms with Crippen LogP contribution in [0.1, 0.15) is 34.6 Å². The normalized spacial score (nSPS) is 15.0. The van der Waals surface area contributed by atoms with E-state index in [0.29, 0.717) is 44.7 Å². The average Bonchev–Trinajstić information content (AvgIpc) is 3.73. The van der Waals surface area contributed by atoms with Gasteiger partial charge in [-0.1, -0.05) is 77.7 Å². The second-order valence-electron chi connectivity index (χ2n) is 9.29. The molecule has 2 aromatic heterocycles. The number of aliphatic hydroxyl groups excluding tert-OH is 1. The number of carbonyl (C=O) groups excluding carboxylic acids is 2. The van der Waals surface area contributed by atoms with E-state index in [1.165, 1.54) is 35.1 Å². The number of amides is 1. The van der Waals surface area contributed by atoms with Gasteiger partial charge in [-0.25, -0.2) is 0 Å². The predicted molar refractivity (Wildman–Crippen MR) is 161 cm³/mol. The molecule has 1 aliphatic heterocycles. The highest BCUT2D eigenvalue weighted by atomic mass is 32.2.